The van der Waals surface area contributed by atoms with Crippen molar-refractivity contribution in [2.24, 2.45) is 28.6 Å². The van der Waals surface area contributed by atoms with Crippen LogP contribution in [0.5, 0.6) is 0 Å². The van der Waals surface area contributed by atoms with Crippen molar-refractivity contribution in [2.75, 3.05) is 13.7 Å². The maximum atomic E-state index is 12.5. The van der Waals surface area contributed by atoms with E-state index in [0.29, 0.717) is 12.0 Å². The first-order chi connectivity index (χ1) is 11.7. The summed E-state index contributed by atoms with van der Waals surface area (Å²) in [6.07, 6.45) is 6.65. The molecule has 25 heavy (non-hydrogen) atoms. The first kappa shape index (κ1) is 18.5. The van der Waals surface area contributed by atoms with E-state index in [1.54, 1.807) is 0 Å². The Morgan fingerprint density at radius 2 is 2.00 bits per heavy atom. The third-order valence-electron chi connectivity index (χ3n) is 6.81. The molecule has 0 amide bonds. The molecule has 0 bridgehead atoms. The van der Waals surface area contributed by atoms with Gasteiger partial charge in [-0.3, -0.25) is 9.59 Å². The Kier molecular flexibility index (Phi) is 4.76. The van der Waals surface area contributed by atoms with Gasteiger partial charge in [0, 0.05) is 5.92 Å². The Labute approximate surface area is 151 Å². The Balaban J connectivity index is 2.09. The molecule has 1 aliphatic heterocycles. The minimum Gasteiger partial charge on any atom is -0.469 e. The van der Waals surface area contributed by atoms with Crippen LogP contribution in [0.1, 0.15) is 66.2 Å². The summed E-state index contributed by atoms with van der Waals surface area (Å²) in [5.41, 5.74) is 2.73. The van der Waals surface area contributed by atoms with Crippen LogP contribution in [-0.2, 0) is 19.1 Å². The van der Waals surface area contributed by atoms with Gasteiger partial charge in [-0.05, 0) is 55.4 Å². The van der Waals surface area contributed by atoms with Gasteiger partial charge in [-0.25, -0.2) is 0 Å². The van der Waals surface area contributed by atoms with Crippen molar-refractivity contribution in [2.45, 2.75) is 66.2 Å². The van der Waals surface area contributed by atoms with Crippen LogP contribution in [0.3, 0.4) is 0 Å². The second-order valence-electron chi connectivity index (χ2n) is 9.34. The number of esters is 2. The lowest BCUT2D eigenvalue weighted by atomic mass is 9.57. The molecule has 0 aromatic carbocycles. The van der Waals surface area contributed by atoms with Gasteiger partial charge in [0.15, 0.2) is 0 Å². The van der Waals surface area contributed by atoms with E-state index in [1.807, 2.05) is 6.92 Å². The van der Waals surface area contributed by atoms with Crippen molar-refractivity contribution in [3.05, 3.63) is 11.1 Å². The third kappa shape index (κ3) is 3.24. The van der Waals surface area contributed by atoms with E-state index in [1.165, 1.54) is 25.5 Å². The predicted molar refractivity (Wildman–Crippen MR) is 95.7 cm³/mol. The number of cyclic esters (lactones) is 1. The number of hydrogen-bond donors (Lipinski definition) is 0. The highest BCUT2D eigenvalue weighted by atomic mass is 16.5. The number of carbonyl (C=O) groups is 2. The highest BCUT2D eigenvalue weighted by Crippen LogP contribution is 2.56. The Bertz CT molecular complexity index is 603. The van der Waals surface area contributed by atoms with Crippen LogP contribution in [0.2, 0.25) is 0 Å². The van der Waals surface area contributed by atoms with Crippen LogP contribution < -0.4 is 0 Å². The van der Waals surface area contributed by atoms with Crippen LogP contribution >= 0.6 is 0 Å². The van der Waals surface area contributed by atoms with E-state index in [4.69, 9.17) is 9.47 Å². The molecular weight excluding hydrogens is 316 g/mol. The number of ether oxygens (including phenoxy) is 2. The van der Waals surface area contributed by atoms with Crippen LogP contribution in [0, 0.1) is 28.6 Å². The molecule has 0 aromatic heterocycles. The molecule has 3 rings (SSSR count). The predicted octanol–water partition coefficient (Wildman–Crippen LogP) is 4.28. The number of methoxy groups -OCH3 is 1. The summed E-state index contributed by atoms with van der Waals surface area (Å²) < 4.78 is 10.4. The molecule has 0 unspecified atom stereocenters. The summed E-state index contributed by atoms with van der Waals surface area (Å²) in [5.74, 6) is -0.795. The second-order valence-corrected chi connectivity index (χ2v) is 9.34. The van der Waals surface area contributed by atoms with Crippen molar-refractivity contribution in [1.29, 1.82) is 0 Å². The van der Waals surface area contributed by atoms with Gasteiger partial charge in [0.1, 0.15) is 0 Å². The number of carbonyl (C=O) groups excluding carboxylic acids is 2. The Hall–Kier alpha value is -1.32. The van der Waals surface area contributed by atoms with E-state index in [-0.39, 0.29) is 35.1 Å². The number of hydrogen-bond acceptors (Lipinski definition) is 4. The average Bonchev–Trinajstić information content (AvgIpc) is 2.93. The zero-order chi connectivity index (χ0) is 18.4. The molecule has 4 heteroatoms. The van der Waals surface area contributed by atoms with Gasteiger partial charge in [-0.2, -0.15) is 0 Å². The molecule has 2 fully saturated rings. The summed E-state index contributed by atoms with van der Waals surface area (Å²) in [5, 5.41) is 0. The van der Waals surface area contributed by atoms with Crippen LogP contribution in [0.15, 0.2) is 11.1 Å². The minimum absolute atomic E-state index is 0.0627. The summed E-state index contributed by atoms with van der Waals surface area (Å²) in [4.78, 5) is 24.8. The normalized spacial score (nSPS) is 35.8. The van der Waals surface area contributed by atoms with Crippen LogP contribution in [-0.4, -0.2) is 25.7 Å². The van der Waals surface area contributed by atoms with Crippen molar-refractivity contribution in [3.63, 3.8) is 0 Å². The zero-order valence-corrected chi connectivity index (χ0v) is 16.3. The Morgan fingerprint density at radius 1 is 1.28 bits per heavy atom. The van der Waals surface area contributed by atoms with Gasteiger partial charge >= 0.3 is 11.9 Å². The third-order valence-corrected chi connectivity index (χ3v) is 6.81. The van der Waals surface area contributed by atoms with Crippen LogP contribution in [0.4, 0.5) is 0 Å². The fourth-order valence-corrected chi connectivity index (χ4v) is 5.79. The van der Waals surface area contributed by atoms with E-state index >= 15 is 0 Å². The molecule has 0 spiro atoms. The fourth-order valence-electron chi connectivity index (χ4n) is 5.79. The van der Waals surface area contributed by atoms with Gasteiger partial charge in [-0.15, -0.1) is 0 Å². The topological polar surface area (TPSA) is 52.6 Å². The minimum atomic E-state index is -0.375. The van der Waals surface area contributed by atoms with Gasteiger partial charge in [0.05, 0.1) is 25.6 Å². The molecule has 1 heterocycles. The maximum Gasteiger partial charge on any atom is 0.313 e. The lowest BCUT2D eigenvalue weighted by Gasteiger charge is -2.47. The standard InChI is InChI=1S/C21H32O4/c1-13(18(22)24-5)16-15(8-7-14-11-25-19(23)17(14)16)21(4)10-6-9-20(2,3)12-21/h13-14,17H,6-12H2,1-5H3/t13-,14+,17-,21+/m1/s1. The van der Waals surface area contributed by atoms with Gasteiger partial charge < -0.3 is 9.47 Å². The molecule has 0 aromatic rings. The van der Waals surface area contributed by atoms with Crippen molar-refractivity contribution >= 4 is 11.9 Å². The number of fused-ring (bicyclic) bond motifs is 1. The molecule has 1 saturated carbocycles. The molecule has 140 valence electrons. The monoisotopic (exact) mass is 348 g/mol. The lowest BCUT2D eigenvalue weighted by Crippen LogP contribution is -2.39. The van der Waals surface area contributed by atoms with E-state index in [2.05, 4.69) is 20.8 Å². The van der Waals surface area contributed by atoms with Gasteiger partial charge in [0.25, 0.3) is 0 Å². The molecule has 3 aliphatic rings. The molecule has 4 atom stereocenters. The largest absolute Gasteiger partial charge is 0.469 e. The molecule has 4 nitrogen and oxygen atoms in total. The van der Waals surface area contributed by atoms with Crippen molar-refractivity contribution in [3.8, 4) is 0 Å². The highest BCUT2D eigenvalue weighted by Gasteiger charge is 2.50. The lowest BCUT2D eigenvalue weighted by molar-refractivity contribution is -0.144. The van der Waals surface area contributed by atoms with E-state index in [0.717, 1.165) is 31.3 Å². The first-order valence-electron chi connectivity index (χ1n) is 9.66. The SMILES string of the molecule is COC(=O)[C@H](C)C1=C([C@@]2(C)CCCC(C)(C)C2)CC[C@H]2COC(=O)[C@@H]12. The molecule has 0 radical (unpaired) electrons. The number of rotatable bonds is 3. The summed E-state index contributed by atoms with van der Waals surface area (Å²) in [7, 11) is 1.43. The van der Waals surface area contributed by atoms with E-state index < -0.39 is 0 Å². The highest BCUT2D eigenvalue weighted by molar-refractivity contribution is 5.83. The summed E-state index contributed by atoms with van der Waals surface area (Å²) >= 11 is 0. The van der Waals surface area contributed by atoms with E-state index in [9.17, 15) is 9.59 Å². The fraction of sp³-hybridized carbons (Fsp3) is 0.810. The number of allylic oxidation sites excluding steroid dienone is 1. The van der Waals surface area contributed by atoms with Crippen molar-refractivity contribution in [1.82, 2.24) is 0 Å². The first-order valence-corrected chi connectivity index (χ1v) is 9.66. The molecule has 2 aliphatic carbocycles. The van der Waals surface area contributed by atoms with Gasteiger partial charge in [-0.1, -0.05) is 32.8 Å². The summed E-state index contributed by atoms with van der Waals surface area (Å²) in [6, 6.07) is 0. The maximum absolute atomic E-state index is 12.5. The molecular formula is C21H32O4. The van der Waals surface area contributed by atoms with Crippen LogP contribution in [0.25, 0.3) is 0 Å². The van der Waals surface area contributed by atoms with Gasteiger partial charge in [0.2, 0.25) is 0 Å². The summed E-state index contributed by atoms with van der Waals surface area (Å²) in [6.45, 7) is 9.41. The molecule has 1 saturated heterocycles. The zero-order valence-electron chi connectivity index (χ0n) is 16.3. The molecule has 0 N–H and O–H groups in total. The quantitative estimate of drug-likeness (QED) is 0.564. The smallest absolute Gasteiger partial charge is 0.313 e. The second kappa shape index (κ2) is 6.44. The average molecular weight is 348 g/mol. The Morgan fingerprint density at radius 3 is 2.64 bits per heavy atom. The van der Waals surface area contributed by atoms with Crippen molar-refractivity contribution < 1.29 is 19.1 Å².